The summed E-state index contributed by atoms with van der Waals surface area (Å²) in [5, 5.41) is 2.70. The third-order valence-electron chi connectivity index (χ3n) is 3.22. The fourth-order valence-corrected chi connectivity index (χ4v) is 2.22. The monoisotopic (exact) mass is 226 g/mol. The second kappa shape index (κ2) is 4.41. The molecule has 0 aromatic heterocycles. The molecule has 2 fully saturated rings. The normalized spacial score (nSPS) is 35.0. The molecule has 90 valence electrons. The van der Waals surface area contributed by atoms with Crippen LogP contribution in [0.25, 0.3) is 0 Å². The van der Waals surface area contributed by atoms with Crippen LogP contribution in [-0.4, -0.2) is 48.6 Å². The molecule has 0 aromatic rings. The number of rotatable bonds is 1. The van der Waals surface area contributed by atoms with Gasteiger partial charge in [0.2, 0.25) is 11.8 Å². The Morgan fingerprint density at radius 2 is 2.25 bits per heavy atom. The van der Waals surface area contributed by atoms with Gasteiger partial charge in [-0.15, -0.1) is 0 Å². The van der Waals surface area contributed by atoms with Crippen LogP contribution in [0.5, 0.6) is 0 Å². The first kappa shape index (κ1) is 11.4. The summed E-state index contributed by atoms with van der Waals surface area (Å²) in [6.07, 6.45) is 0.419. The molecule has 0 saturated carbocycles. The Morgan fingerprint density at radius 1 is 1.50 bits per heavy atom. The highest BCUT2D eigenvalue weighted by atomic mass is 16.5. The van der Waals surface area contributed by atoms with Crippen molar-refractivity contribution in [2.75, 3.05) is 19.7 Å². The number of hydrogen-bond acceptors (Lipinski definition) is 3. The van der Waals surface area contributed by atoms with Crippen LogP contribution in [0.15, 0.2) is 0 Å². The highest BCUT2D eigenvalue weighted by molar-refractivity contribution is 5.89. The maximum absolute atomic E-state index is 12.2. The molecular weight excluding hydrogens is 208 g/mol. The Bertz CT molecular complexity index is 306. The molecule has 2 saturated heterocycles. The number of nitrogens with one attached hydrogen (secondary N) is 1. The zero-order chi connectivity index (χ0) is 11.7. The summed E-state index contributed by atoms with van der Waals surface area (Å²) in [7, 11) is 0. The Morgan fingerprint density at radius 3 is 2.88 bits per heavy atom. The molecule has 2 aliphatic heterocycles. The van der Waals surface area contributed by atoms with Crippen LogP contribution in [0.3, 0.4) is 0 Å². The van der Waals surface area contributed by atoms with Gasteiger partial charge in [-0.1, -0.05) is 0 Å². The molecule has 2 aliphatic rings. The predicted octanol–water partition coefficient (Wildman–Crippen LogP) is -0.242. The van der Waals surface area contributed by atoms with Gasteiger partial charge in [0.25, 0.3) is 0 Å². The van der Waals surface area contributed by atoms with Gasteiger partial charge in [-0.25, -0.2) is 0 Å². The molecular formula is C11H18N2O3. The zero-order valence-corrected chi connectivity index (χ0v) is 9.73. The van der Waals surface area contributed by atoms with Crippen molar-refractivity contribution in [1.29, 1.82) is 0 Å². The van der Waals surface area contributed by atoms with E-state index in [1.54, 1.807) is 0 Å². The lowest BCUT2D eigenvalue weighted by atomic mass is 10.0. The highest BCUT2D eigenvalue weighted by Gasteiger charge is 2.35. The number of nitrogens with zero attached hydrogens (tertiary/aromatic N) is 1. The van der Waals surface area contributed by atoms with Gasteiger partial charge in [-0.2, -0.15) is 0 Å². The number of carbonyl (C=O) groups is 2. The molecule has 3 unspecified atom stereocenters. The number of ether oxygens (including phenoxy) is 1. The lowest BCUT2D eigenvalue weighted by Crippen LogP contribution is -2.52. The molecule has 5 nitrogen and oxygen atoms in total. The topological polar surface area (TPSA) is 58.6 Å². The number of amides is 2. The molecule has 1 N–H and O–H groups in total. The van der Waals surface area contributed by atoms with E-state index < -0.39 is 0 Å². The van der Waals surface area contributed by atoms with E-state index in [-0.39, 0.29) is 29.9 Å². The first-order chi connectivity index (χ1) is 7.58. The third kappa shape index (κ3) is 2.19. The van der Waals surface area contributed by atoms with Crippen molar-refractivity contribution in [1.82, 2.24) is 10.2 Å². The van der Waals surface area contributed by atoms with Gasteiger partial charge in [0.05, 0.1) is 24.7 Å². The maximum Gasteiger partial charge on any atom is 0.228 e. The first-order valence-electron chi connectivity index (χ1n) is 5.76. The van der Waals surface area contributed by atoms with E-state index >= 15 is 0 Å². The maximum atomic E-state index is 12.2. The average Bonchev–Trinajstić information content (AvgIpc) is 2.67. The molecule has 2 heterocycles. The molecule has 0 aliphatic carbocycles. The zero-order valence-electron chi connectivity index (χ0n) is 9.73. The quantitative estimate of drug-likeness (QED) is 0.671. The minimum absolute atomic E-state index is 0.0210. The summed E-state index contributed by atoms with van der Waals surface area (Å²) in [6.45, 7) is 5.64. The van der Waals surface area contributed by atoms with Crippen molar-refractivity contribution in [3.63, 3.8) is 0 Å². The van der Waals surface area contributed by atoms with Gasteiger partial charge in [0.15, 0.2) is 0 Å². The van der Waals surface area contributed by atoms with Gasteiger partial charge in [-0.3, -0.25) is 9.59 Å². The molecule has 2 rings (SSSR count). The van der Waals surface area contributed by atoms with E-state index in [1.165, 1.54) is 0 Å². The average molecular weight is 226 g/mol. The van der Waals surface area contributed by atoms with E-state index in [2.05, 4.69) is 5.32 Å². The molecule has 0 radical (unpaired) electrons. The van der Waals surface area contributed by atoms with Crippen LogP contribution in [-0.2, 0) is 14.3 Å². The molecule has 0 spiro atoms. The molecule has 0 aromatic carbocycles. The van der Waals surface area contributed by atoms with Crippen LogP contribution in [0.4, 0.5) is 0 Å². The SMILES string of the molecule is CC1CN(C(=O)C2CNC(=O)C2)C(C)CO1. The van der Waals surface area contributed by atoms with Crippen molar-refractivity contribution in [2.24, 2.45) is 5.92 Å². The van der Waals surface area contributed by atoms with E-state index in [0.29, 0.717) is 26.1 Å². The summed E-state index contributed by atoms with van der Waals surface area (Å²) in [4.78, 5) is 25.1. The van der Waals surface area contributed by atoms with Crippen molar-refractivity contribution in [3.8, 4) is 0 Å². The Balaban J connectivity index is 2.00. The second-order valence-corrected chi connectivity index (χ2v) is 4.69. The molecule has 3 atom stereocenters. The minimum atomic E-state index is -0.180. The molecule has 0 bridgehead atoms. The van der Waals surface area contributed by atoms with E-state index in [0.717, 1.165) is 0 Å². The van der Waals surface area contributed by atoms with E-state index in [9.17, 15) is 9.59 Å². The lowest BCUT2D eigenvalue weighted by Gasteiger charge is -2.38. The smallest absolute Gasteiger partial charge is 0.228 e. The van der Waals surface area contributed by atoms with Gasteiger partial charge >= 0.3 is 0 Å². The summed E-state index contributed by atoms with van der Waals surface area (Å²) >= 11 is 0. The number of hydrogen-bond donors (Lipinski definition) is 1. The first-order valence-corrected chi connectivity index (χ1v) is 5.76. The summed E-state index contributed by atoms with van der Waals surface area (Å²) < 4.78 is 5.48. The van der Waals surface area contributed by atoms with Crippen molar-refractivity contribution in [3.05, 3.63) is 0 Å². The highest BCUT2D eigenvalue weighted by Crippen LogP contribution is 2.18. The molecule has 5 heteroatoms. The molecule has 16 heavy (non-hydrogen) atoms. The minimum Gasteiger partial charge on any atom is -0.375 e. The largest absolute Gasteiger partial charge is 0.375 e. The second-order valence-electron chi connectivity index (χ2n) is 4.69. The van der Waals surface area contributed by atoms with Gasteiger partial charge in [-0.05, 0) is 13.8 Å². The summed E-state index contributed by atoms with van der Waals surface area (Å²) in [6, 6.07) is 0.111. The predicted molar refractivity (Wildman–Crippen MR) is 57.7 cm³/mol. The fraction of sp³-hybridized carbons (Fsp3) is 0.818. The Kier molecular flexibility index (Phi) is 3.14. The van der Waals surface area contributed by atoms with Crippen LogP contribution in [0.2, 0.25) is 0 Å². The van der Waals surface area contributed by atoms with E-state index in [1.807, 2.05) is 18.7 Å². The Labute approximate surface area is 95.1 Å². The van der Waals surface area contributed by atoms with Crippen LogP contribution >= 0.6 is 0 Å². The van der Waals surface area contributed by atoms with Gasteiger partial charge in [0.1, 0.15) is 0 Å². The lowest BCUT2D eigenvalue weighted by molar-refractivity contribution is -0.147. The van der Waals surface area contributed by atoms with E-state index in [4.69, 9.17) is 4.74 Å². The standard InChI is InChI=1S/C11H18N2O3/c1-7-6-16-8(2)5-13(7)11(15)9-3-10(14)12-4-9/h7-9H,3-6H2,1-2H3,(H,12,14). The summed E-state index contributed by atoms with van der Waals surface area (Å²) in [5.74, 6) is -0.117. The fourth-order valence-electron chi connectivity index (χ4n) is 2.22. The van der Waals surface area contributed by atoms with Crippen LogP contribution < -0.4 is 5.32 Å². The van der Waals surface area contributed by atoms with Gasteiger partial charge < -0.3 is 15.0 Å². The van der Waals surface area contributed by atoms with Crippen molar-refractivity contribution < 1.29 is 14.3 Å². The number of morpholine rings is 1. The van der Waals surface area contributed by atoms with Gasteiger partial charge in [0, 0.05) is 19.5 Å². The Hall–Kier alpha value is -1.10. The molecule has 2 amide bonds. The third-order valence-corrected chi connectivity index (χ3v) is 3.22. The number of carbonyl (C=O) groups excluding carboxylic acids is 2. The van der Waals surface area contributed by atoms with Crippen LogP contribution in [0, 0.1) is 5.92 Å². The van der Waals surface area contributed by atoms with Crippen molar-refractivity contribution >= 4 is 11.8 Å². The summed E-state index contributed by atoms with van der Waals surface area (Å²) in [5.41, 5.74) is 0. The van der Waals surface area contributed by atoms with Crippen LogP contribution in [0.1, 0.15) is 20.3 Å². The van der Waals surface area contributed by atoms with Crippen molar-refractivity contribution in [2.45, 2.75) is 32.4 Å².